The molecule has 0 aliphatic heterocycles. The van der Waals surface area contributed by atoms with Gasteiger partial charge < -0.3 is 5.09 Å². The molecule has 1 rings (SSSR count). The summed E-state index contributed by atoms with van der Waals surface area (Å²) in [4.78, 5) is 0. The van der Waals surface area contributed by atoms with Crippen LogP contribution in [0.5, 0.6) is 0 Å². The standard InChI is InChI=1S/C14H23BrN2Si/c1-11(12-7-9-13(15)10-8-12)16-17-18(5,6)14(2,3)4/h7-10,17H,1-6H3/b16-11+. The topological polar surface area (TPSA) is 24.4 Å². The lowest BCUT2D eigenvalue weighted by Gasteiger charge is -2.35. The molecule has 0 fully saturated rings. The van der Waals surface area contributed by atoms with Crippen LogP contribution in [0.3, 0.4) is 0 Å². The fourth-order valence-electron chi connectivity index (χ4n) is 1.15. The normalized spacial score (nSPS) is 13.6. The molecule has 0 heterocycles. The fraction of sp³-hybridized carbons (Fsp3) is 0.500. The quantitative estimate of drug-likeness (QED) is 0.483. The molecule has 0 saturated heterocycles. The van der Waals surface area contributed by atoms with Crippen molar-refractivity contribution in [2.45, 2.75) is 45.8 Å². The summed E-state index contributed by atoms with van der Waals surface area (Å²) >= 11 is 3.44. The molecule has 1 aromatic carbocycles. The molecule has 0 aromatic heterocycles. The molecule has 0 unspecified atom stereocenters. The van der Waals surface area contributed by atoms with Gasteiger partial charge in [-0.25, -0.2) is 0 Å². The number of hydrazone groups is 1. The van der Waals surface area contributed by atoms with E-state index < -0.39 is 8.24 Å². The maximum atomic E-state index is 4.58. The van der Waals surface area contributed by atoms with E-state index in [4.69, 9.17) is 0 Å². The highest BCUT2D eigenvalue weighted by Crippen LogP contribution is 2.33. The molecule has 1 aromatic rings. The van der Waals surface area contributed by atoms with Gasteiger partial charge in [0.25, 0.3) is 0 Å². The Morgan fingerprint density at radius 1 is 1.17 bits per heavy atom. The first kappa shape index (κ1) is 15.4. The lowest BCUT2D eigenvalue weighted by Crippen LogP contribution is -2.49. The minimum atomic E-state index is -1.56. The van der Waals surface area contributed by atoms with Gasteiger partial charge in [0.2, 0.25) is 0 Å². The van der Waals surface area contributed by atoms with Crippen LogP contribution in [-0.4, -0.2) is 13.9 Å². The first-order chi connectivity index (χ1) is 8.13. The number of benzene rings is 1. The number of rotatable bonds is 3. The summed E-state index contributed by atoms with van der Waals surface area (Å²) in [6, 6.07) is 8.24. The second-order valence-corrected chi connectivity index (χ2v) is 12.1. The monoisotopic (exact) mass is 326 g/mol. The molecule has 0 spiro atoms. The number of nitrogens with one attached hydrogen (secondary N) is 1. The lowest BCUT2D eigenvalue weighted by molar-refractivity contribution is 0.692. The van der Waals surface area contributed by atoms with E-state index in [2.05, 4.69) is 72.1 Å². The number of halogens is 1. The summed E-state index contributed by atoms with van der Waals surface area (Å²) in [7, 11) is -1.56. The maximum absolute atomic E-state index is 4.58. The van der Waals surface area contributed by atoms with Gasteiger partial charge in [-0.3, -0.25) is 0 Å². The summed E-state index contributed by atoms with van der Waals surface area (Å²) < 4.78 is 1.09. The average molecular weight is 327 g/mol. The zero-order valence-electron chi connectivity index (χ0n) is 12.1. The van der Waals surface area contributed by atoms with Gasteiger partial charge in [0.15, 0.2) is 8.24 Å². The molecule has 0 radical (unpaired) electrons. The van der Waals surface area contributed by atoms with E-state index in [9.17, 15) is 0 Å². The van der Waals surface area contributed by atoms with E-state index >= 15 is 0 Å². The Bertz CT molecular complexity index is 430. The number of nitrogens with zero attached hydrogens (tertiary/aromatic N) is 1. The van der Waals surface area contributed by atoms with Gasteiger partial charge in [-0.15, -0.1) is 0 Å². The van der Waals surface area contributed by atoms with Crippen LogP contribution in [0.15, 0.2) is 33.8 Å². The van der Waals surface area contributed by atoms with Gasteiger partial charge >= 0.3 is 0 Å². The predicted octanol–water partition coefficient (Wildman–Crippen LogP) is 4.77. The predicted molar refractivity (Wildman–Crippen MR) is 86.7 cm³/mol. The van der Waals surface area contributed by atoms with Crippen molar-refractivity contribution in [3.05, 3.63) is 34.3 Å². The number of hydrogen-bond acceptors (Lipinski definition) is 2. The van der Waals surface area contributed by atoms with Gasteiger partial charge in [0.05, 0.1) is 5.71 Å². The summed E-state index contributed by atoms with van der Waals surface area (Å²) in [5.74, 6) is 0. The van der Waals surface area contributed by atoms with Gasteiger partial charge in [-0.1, -0.05) is 48.8 Å². The van der Waals surface area contributed by atoms with Crippen molar-refractivity contribution in [3.63, 3.8) is 0 Å². The van der Waals surface area contributed by atoms with Crippen LogP contribution in [-0.2, 0) is 0 Å². The Morgan fingerprint density at radius 3 is 2.11 bits per heavy atom. The van der Waals surface area contributed by atoms with Gasteiger partial charge in [0.1, 0.15) is 0 Å². The summed E-state index contributed by atoms with van der Waals surface area (Å²) in [6.07, 6.45) is 0. The van der Waals surface area contributed by atoms with Gasteiger partial charge in [0, 0.05) is 4.47 Å². The first-order valence-electron chi connectivity index (χ1n) is 6.21. The summed E-state index contributed by atoms with van der Waals surface area (Å²) in [5, 5.41) is 8.29. The molecule has 4 heteroatoms. The fourth-order valence-corrected chi connectivity index (χ4v) is 2.19. The largest absolute Gasteiger partial charge is 0.336 e. The molecule has 0 aliphatic carbocycles. The highest BCUT2D eigenvalue weighted by Gasteiger charge is 2.35. The molecule has 2 nitrogen and oxygen atoms in total. The smallest absolute Gasteiger partial charge is 0.173 e. The van der Waals surface area contributed by atoms with Crippen LogP contribution in [0.4, 0.5) is 0 Å². The zero-order valence-corrected chi connectivity index (χ0v) is 14.7. The molecule has 0 bridgehead atoms. The highest BCUT2D eigenvalue weighted by molar-refractivity contribution is 9.10. The summed E-state index contributed by atoms with van der Waals surface area (Å²) in [6.45, 7) is 13.5. The van der Waals surface area contributed by atoms with Crippen molar-refractivity contribution in [3.8, 4) is 0 Å². The molecule has 0 aliphatic rings. The van der Waals surface area contributed by atoms with Crippen molar-refractivity contribution in [2.75, 3.05) is 0 Å². The zero-order chi connectivity index (χ0) is 14.0. The van der Waals surface area contributed by atoms with E-state index in [0.29, 0.717) is 0 Å². The second kappa shape index (κ2) is 5.57. The molecule has 0 atom stereocenters. The first-order valence-corrected chi connectivity index (χ1v) is 10.0. The molecule has 0 amide bonds. The van der Waals surface area contributed by atoms with Crippen molar-refractivity contribution < 1.29 is 0 Å². The van der Waals surface area contributed by atoms with Crippen LogP contribution < -0.4 is 5.09 Å². The van der Waals surface area contributed by atoms with Crippen LogP contribution >= 0.6 is 15.9 Å². The van der Waals surface area contributed by atoms with Crippen LogP contribution in [0, 0.1) is 0 Å². The molecular formula is C14H23BrN2Si. The maximum Gasteiger partial charge on any atom is 0.173 e. The minimum absolute atomic E-state index is 0.288. The Hall–Kier alpha value is -0.613. The van der Waals surface area contributed by atoms with E-state index in [-0.39, 0.29) is 5.04 Å². The van der Waals surface area contributed by atoms with E-state index in [1.807, 2.05) is 19.1 Å². The average Bonchev–Trinajstić information content (AvgIpc) is 2.25. The van der Waals surface area contributed by atoms with Crippen LogP contribution in [0.25, 0.3) is 0 Å². The molecule has 1 N–H and O–H groups in total. The second-order valence-electron chi connectivity index (χ2n) is 6.19. The van der Waals surface area contributed by atoms with Crippen molar-refractivity contribution in [2.24, 2.45) is 5.10 Å². The van der Waals surface area contributed by atoms with E-state index in [1.54, 1.807) is 0 Å². The Morgan fingerprint density at radius 2 is 1.67 bits per heavy atom. The molecular weight excluding hydrogens is 304 g/mol. The van der Waals surface area contributed by atoms with Gasteiger partial charge in [-0.2, -0.15) is 5.10 Å². The van der Waals surface area contributed by atoms with Gasteiger partial charge in [-0.05, 0) is 42.8 Å². The third-order valence-electron chi connectivity index (χ3n) is 3.64. The van der Waals surface area contributed by atoms with Crippen LogP contribution in [0.1, 0.15) is 33.3 Å². The molecule has 100 valence electrons. The molecule has 18 heavy (non-hydrogen) atoms. The van der Waals surface area contributed by atoms with E-state index in [1.165, 1.54) is 0 Å². The van der Waals surface area contributed by atoms with Crippen molar-refractivity contribution >= 4 is 29.9 Å². The Labute approximate surface area is 120 Å². The highest BCUT2D eigenvalue weighted by atomic mass is 79.9. The Balaban J connectivity index is 2.82. The lowest BCUT2D eigenvalue weighted by atomic mass is 10.1. The third kappa shape index (κ3) is 3.95. The van der Waals surface area contributed by atoms with E-state index in [0.717, 1.165) is 15.7 Å². The van der Waals surface area contributed by atoms with Crippen molar-refractivity contribution in [1.82, 2.24) is 5.09 Å². The third-order valence-corrected chi connectivity index (χ3v) is 8.59. The molecule has 0 saturated carbocycles. The van der Waals surface area contributed by atoms with Crippen LogP contribution in [0.2, 0.25) is 18.1 Å². The number of hydrogen-bond donors (Lipinski definition) is 1. The summed E-state index contributed by atoms with van der Waals surface area (Å²) in [5.41, 5.74) is 2.19. The minimum Gasteiger partial charge on any atom is -0.336 e. The Kier molecular flexibility index (Phi) is 4.78. The SMILES string of the molecule is C/C(=N\N[Si](C)(C)C(C)(C)C)c1ccc(Br)cc1. The van der Waals surface area contributed by atoms with Crippen molar-refractivity contribution in [1.29, 1.82) is 0 Å².